The summed E-state index contributed by atoms with van der Waals surface area (Å²) < 4.78 is 0.987. The standard InChI is InChI=1S/C7H7BrN2.C5H12.CH2O/c1-9-5-7-3-2-6(8)4-10-7;1-5(2,3)4;1-2/h2-5H,1H3;1-4H3;1H2. The number of hydrogen-bond donors (Lipinski definition) is 0. The first-order chi connectivity index (χ1) is 7.83. The summed E-state index contributed by atoms with van der Waals surface area (Å²) in [5.74, 6) is 0. The van der Waals surface area contributed by atoms with Crippen LogP contribution in [0.25, 0.3) is 0 Å². The quantitative estimate of drug-likeness (QED) is 0.741. The minimum Gasteiger partial charge on any atom is -0.307 e. The number of nitrogens with zero attached hydrogens (tertiary/aromatic N) is 2. The molecule has 0 saturated carbocycles. The van der Waals surface area contributed by atoms with E-state index >= 15 is 0 Å². The van der Waals surface area contributed by atoms with E-state index in [9.17, 15) is 0 Å². The van der Waals surface area contributed by atoms with Crippen LogP contribution in [0.15, 0.2) is 27.8 Å². The van der Waals surface area contributed by atoms with Crippen molar-refractivity contribution < 1.29 is 4.79 Å². The van der Waals surface area contributed by atoms with E-state index in [0.717, 1.165) is 10.2 Å². The zero-order valence-electron chi connectivity index (χ0n) is 11.2. The first-order valence-electron chi connectivity index (χ1n) is 5.15. The molecule has 0 saturated heterocycles. The average molecular weight is 301 g/mol. The van der Waals surface area contributed by atoms with Gasteiger partial charge < -0.3 is 4.79 Å². The lowest BCUT2D eigenvalue weighted by Gasteiger charge is -2.05. The van der Waals surface area contributed by atoms with Crippen LogP contribution >= 0.6 is 15.9 Å². The van der Waals surface area contributed by atoms with Crippen molar-refractivity contribution in [3.63, 3.8) is 0 Å². The van der Waals surface area contributed by atoms with Gasteiger partial charge in [0, 0.05) is 23.9 Å². The molecule has 3 nitrogen and oxygen atoms in total. The number of pyridine rings is 1. The first kappa shape index (κ1) is 18.3. The first-order valence-corrected chi connectivity index (χ1v) is 5.95. The topological polar surface area (TPSA) is 42.3 Å². The summed E-state index contributed by atoms with van der Waals surface area (Å²) in [7, 11) is 1.73. The fraction of sp³-hybridized carbons (Fsp3) is 0.462. The number of aliphatic imine (C=N–C) groups is 1. The zero-order chi connectivity index (χ0) is 13.9. The molecule has 96 valence electrons. The van der Waals surface area contributed by atoms with Gasteiger partial charge in [0.15, 0.2) is 0 Å². The molecule has 0 radical (unpaired) electrons. The summed E-state index contributed by atoms with van der Waals surface area (Å²) in [5, 5.41) is 0. The van der Waals surface area contributed by atoms with Crippen molar-refractivity contribution in [1.29, 1.82) is 0 Å². The molecule has 0 unspecified atom stereocenters. The third kappa shape index (κ3) is 17.6. The molecule has 1 rings (SSSR count). The SMILES string of the molecule is C=O.CC(C)(C)C.CN=Cc1ccc(Br)cn1. The normalized spacial score (nSPS) is 10.0. The van der Waals surface area contributed by atoms with E-state index in [1.165, 1.54) is 0 Å². The highest BCUT2D eigenvalue weighted by Crippen LogP contribution is 2.08. The van der Waals surface area contributed by atoms with Crippen molar-refractivity contribution in [3.8, 4) is 0 Å². The highest BCUT2D eigenvalue weighted by Gasteiger charge is 1.95. The molecule has 0 aliphatic carbocycles. The summed E-state index contributed by atoms with van der Waals surface area (Å²) >= 11 is 3.29. The second kappa shape index (κ2) is 10.1. The Balaban J connectivity index is 0. The fourth-order valence-electron chi connectivity index (χ4n) is 0.596. The lowest BCUT2D eigenvalue weighted by Crippen LogP contribution is -1.93. The van der Waals surface area contributed by atoms with E-state index in [2.05, 4.69) is 53.6 Å². The molecule has 0 aliphatic rings. The zero-order valence-corrected chi connectivity index (χ0v) is 12.8. The molecule has 0 aromatic carbocycles. The van der Waals surface area contributed by atoms with Gasteiger partial charge in [-0.15, -0.1) is 0 Å². The van der Waals surface area contributed by atoms with Gasteiger partial charge in [-0.3, -0.25) is 9.98 Å². The minimum absolute atomic E-state index is 0.500. The van der Waals surface area contributed by atoms with Gasteiger partial charge >= 0.3 is 0 Å². The Morgan fingerprint density at radius 1 is 1.29 bits per heavy atom. The summed E-state index contributed by atoms with van der Waals surface area (Å²) in [5.41, 5.74) is 1.38. The second-order valence-corrected chi connectivity index (χ2v) is 5.70. The van der Waals surface area contributed by atoms with Crippen LogP contribution in [0, 0.1) is 5.41 Å². The Bertz CT molecular complexity index is 309. The number of carbonyl (C=O) groups excluding carboxylic acids is 1. The Hall–Kier alpha value is -1.03. The molecule has 1 aromatic rings. The van der Waals surface area contributed by atoms with Crippen LogP contribution in [0.5, 0.6) is 0 Å². The van der Waals surface area contributed by atoms with Gasteiger partial charge in [-0.2, -0.15) is 0 Å². The maximum absolute atomic E-state index is 8.00. The highest BCUT2D eigenvalue weighted by atomic mass is 79.9. The van der Waals surface area contributed by atoms with E-state index in [1.807, 2.05) is 18.9 Å². The predicted molar refractivity (Wildman–Crippen MR) is 77.7 cm³/mol. The van der Waals surface area contributed by atoms with Gasteiger partial charge in [-0.25, -0.2) is 0 Å². The van der Waals surface area contributed by atoms with Crippen LogP contribution in [0.1, 0.15) is 33.4 Å². The maximum atomic E-state index is 8.00. The summed E-state index contributed by atoms with van der Waals surface area (Å²) in [6, 6.07) is 3.83. The lowest BCUT2D eigenvalue weighted by molar-refractivity contribution is -0.0979. The molecule has 17 heavy (non-hydrogen) atoms. The van der Waals surface area contributed by atoms with Crippen LogP contribution < -0.4 is 0 Å². The van der Waals surface area contributed by atoms with Gasteiger partial charge in [0.05, 0.1) is 5.69 Å². The molecule has 0 atom stereocenters. The van der Waals surface area contributed by atoms with E-state index in [4.69, 9.17) is 4.79 Å². The number of halogens is 1. The molecule has 0 amide bonds. The van der Waals surface area contributed by atoms with Gasteiger partial charge in [0.1, 0.15) is 6.79 Å². The maximum Gasteiger partial charge on any atom is 0.106 e. The van der Waals surface area contributed by atoms with Crippen LogP contribution in [0.3, 0.4) is 0 Å². The number of rotatable bonds is 1. The van der Waals surface area contributed by atoms with Crippen LogP contribution in [-0.4, -0.2) is 25.0 Å². The van der Waals surface area contributed by atoms with Crippen LogP contribution in [-0.2, 0) is 4.79 Å². The van der Waals surface area contributed by atoms with Crippen LogP contribution in [0.4, 0.5) is 0 Å². The van der Waals surface area contributed by atoms with Gasteiger partial charge in [-0.1, -0.05) is 27.7 Å². The number of carbonyl (C=O) groups is 1. The largest absolute Gasteiger partial charge is 0.307 e. The molecular weight excluding hydrogens is 280 g/mol. The summed E-state index contributed by atoms with van der Waals surface area (Å²) in [6.07, 6.45) is 3.46. The second-order valence-electron chi connectivity index (χ2n) is 4.79. The lowest BCUT2D eigenvalue weighted by atomic mass is 10.0. The number of hydrogen-bond acceptors (Lipinski definition) is 3. The molecule has 0 bridgehead atoms. The van der Waals surface area contributed by atoms with E-state index in [-0.39, 0.29) is 0 Å². The molecular formula is C13H21BrN2O. The molecule has 1 aromatic heterocycles. The highest BCUT2D eigenvalue weighted by molar-refractivity contribution is 9.10. The smallest absolute Gasteiger partial charge is 0.106 e. The Labute approximate surface area is 113 Å². The van der Waals surface area contributed by atoms with Gasteiger partial charge in [0.2, 0.25) is 0 Å². The van der Waals surface area contributed by atoms with Crippen molar-refractivity contribution in [3.05, 3.63) is 28.5 Å². The Morgan fingerprint density at radius 2 is 1.76 bits per heavy atom. The van der Waals surface area contributed by atoms with Crippen molar-refractivity contribution in [2.24, 2.45) is 10.4 Å². The van der Waals surface area contributed by atoms with Crippen molar-refractivity contribution >= 4 is 28.9 Å². The van der Waals surface area contributed by atoms with Gasteiger partial charge in [0.25, 0.3) is 0 Å². The van der Waals surface area contributed by atoms with E-state index in [0.29, 0.717) is 5.41 Å². The molecule has 0 fully saturated rings. The monoisotopic (exact) mass is 300 g/mol. The van der Waals surface area contributed by atoms with Crippen molar-refractivity contribution in [2.75, 3.05) is 7.05 Å². The summed E-state index contributed by atoms with van der Waals surface area (Å²) in [6.45, 7) is 10.8. The third-order valence-electron chi connectivity index (χ3n) is 1.01. The fourth-order valence-corrected chi connectivity index (χ4v) is 0.830. The molecule has 0 aliphatic heterocycles. The molecule has 0 spiro atoms. The minimum atomic E-state index is 0.500. The van der Waals surface area contributed by atoms with E-state index < -0.39 is 0 Å². The van der Waals surface area contributed by atoms with Crippen LogP contribution in [0.2, 0.25) is 0 Å². The number of aromatic nitrogens is 1. The Morgan fingerprint density at radius 3 is 2.06 bits per heavy atom. The van der Waals surface area contributed by atoms with Crippen molar-refractivity contribution in [1.82, 2.24) is 4.98 Å². The molecule has 1 heterocycles. The molecule has 4 heteroatoms. The Kier molecular flexibility index (Phi) is 10.9. The summed E-state index contributed by atoms with van der Waals surface area (Å²) in [4.78, 5) is 15.9. The van der Waals surface area contributed by atoms with Gasteiger partial charge in [-0.05, 0) is 33.5 Å². The third-order valence-corrected chi connectivity index (χ3v) is 1.48. The van der Waals surface area contributed by atoms with Crippen molar-refractivity contribution in [2.45, 2.75) is 27.7 Å². The molecule has 0 N–H and O–H groups in total. The van der Waals surface area contributed by atoms with E-state index in [1.54, 1.807) is 19.5 Å². The predicted octanol–water partition coefficient (Wildman–Crippen LogP) is 3.76. The average Bonchev–Trinajstić information content (AvgIpc) is 2.22.